The number of ether oxygens (including phenoxy) is 2. The number of carbonyl (C=O) groups is 3. The molecule has 0 unspecified atom stereocenters. The minimum Gasteiger partial charge on any atom is -0.478 e. The number of hydrogen-bond donors (Lipinski definition) is 1. The predicted molar refractivity (Wildman–Crippen MR) is 128 cm³/mol. The van der Waals surface area contributed by atoms with Gasteiger partial charge >= 0.3 is 17.9 Å². The highest BCUT2D eigenvalue weighted by Crippen LogP contribution is 2.16. The van der Waals surface area contributed by atoms with Crippen LogP contribution in [0.4, 0.5) is 0 Å². The number of carboxylic acids is 1. The molecule has 0 saturated carbocycles. The molecule has 1 N–H and O–H groups in total. The lowest BCUT2D eigenvalue weighted by Gasteiger charge is -2.07. The van der Waals surface area contributed by atoms with Gasteiger partial charge < -0.3 is 14.6 Å². The molecule has 2 rings (SSSR count). The molecule has 0 heterocycles. The maximum absolute atomic E-state index is 12.2. The third-order valence-electron chi connectivity index (χ3n) is 4.79. The molecule has 0 fully saturated rings. The molecular formula is C27H30O6. The van der Waals surface area contributed by atoms with E-state index in [-0.39, 0.29) is 5.75 Å². The molecule has 174 valence electrons. The second-order valence-corrected chi connectivity index (χ2v) is 7.52. The first kappa shape index (κ1) is 25.6. The summed E-state index contributed by atoms with van der Waals surface area (Å²) in [6.07, 6.45) is 12.1. The van der Waals surface area contributed by atoms with Crippen LogP contribution in [0.1, 0.15) is 66.9 Å². The molecule has 6 heteroatoms. The maximum Gasteiger partial charge on any atom is 0.338 e. The standard InChI is InChI=1S/C27H30O6/c1-2-3-4-5-6-7-19-32-27(31)23-9-8-10-24(20-23)33-26(30)18-16-22-13-11-21(12-14-22)15-17-25(28)29/h8-18,20H,2-7,19H2,1H3,(H,28,29)/b17-15+,18-16+. The van der Waals surface area contributed by atoms with E-state index in [1.54, 1.807) is 48.5 Å². The largest absolute Gasteiger partial charge is 0.478 e. The van der Waals surface area contributed by atoms with Crippen molar-refractivity contribution in [1.29, 1.82) is 0 Å². The number of unbranched alkanes of at least 4 members (excludes halogenated alkanes) is 5. The first-order valence-corrected chi connectivity index (χ1v) is 11.2. The Balaban J connectivity index is 1.82. The fourth-order valence-corrected chi connectivity index (χ4v) is 3.02. The van der Waals surface area contributed by atoms with Crippen molar-refractivity contribution in [2.75, 3.05) is 6.61 Å². The Bertz CT molecular complexity index is 972. The number of rotatable bonds is 13. The molecule has 0 amide bonds. The van der Waals surface area contributed by atoms with Gasteiger partial charge in [-0.15, -0.1) is 0 Å². The van der Waals surface area contributed by atoms with Crippen LogP contribution >= 0.6 is 0 Å². The lowest BCUT2D eigenvalue weighted by Crippen LogP contribution is -2.08. The summed E-state index contributed by atoms with van der Waals surface area (Å²) in [5.74, 6) is -1.78. The molecule has 0 aromatic heterocycles. The third-order valence-corrected chi connectivity index (χ3v) is 4.79. The van der Waals surface area contributed by atoms with Crippen molar-refractivity contribution in [1.82, 2.24) is 0 Å². The van der Waals surface area contributed by atoms with Crippen LogP contribution in [0.15, 0.2) is 60.7 Å². The number of carbonyl (C=O) groups excluding carboxylic acids is 2. The van der Waals surface area contributed by atoms with Crippen molar-refractivity contribution < 1.29 is 29.0 Å². The fraction of sp³-hybridized carbons (Fsp3) is 0.296. The van der Waals surface area contributed by atoms with Crippen LogP contribution in [0, 0.1) is 0 Å². The molecule has 0 aliphatic heterocycles. The number of aliphatic carboxylic acids is 1. The zero-order valence-corrected chi connectivity index (χ0v) is 18.9. The van der Waals surface area contributed by atoms with E-state index >= 15 is 0 Å². The van der Waals surface area contributed by atoms with Gasteiger partial charge in [-0.2, -0.15) is 0 Å². The molecule has 0 radical (unpaired) electrons. The van der Waals surface area contributed by atoms with Gasteiger partial charge in [-0.25, -0.2) is 14.4 Å². The minimum absolute atomic E-state index is 0.257. The zero-order valence-electron chi connectivity index (χ0n) is 18.9. The van der Waals surface area contributed by atoms with Crippen molar-refractivity contribution in [3.05, 3.63) is 77.4 Å². The molecule has 0 aliphatic rings. The average Bonchev–Trinajstić information content (AvgIpc) is 2.81. The SMILES string of the molecule is CCCCCCCCOC(=O)c1cccc(OC(=O)/C=C/c2ccc(/C=C/C(=O)O)cc2)c1. The molecule has 0 spiro atoms. The van der Waals surface area contributed by atoms with Crippen LogP contribution in [-0.2, 0) is 14.3 Å². The second kappa shape index (κ2) is 14.4. The molecular weight excluding hydrogens is 420 g/mol. The summed E-state index contributed by atoms with van der Waals surface area (Å²) >= 11 is 0. The van der Waals surface area contributed by atoms with Crippen LogP contribution in [-0.4, -0.2) is 29.6 Å². The number of esters is 2. The van der Waals surface area contributed by atoms with E-state index in [1.807, 2.05) is 0 Å². The fourth-order valence-electron chi connectivity index (χ4n) is 3.02. The summed E-state index contributed by atoms with van der Waals surface area (Å²) in [6, 6.07) is 13.3. The summed E-state index contributed by atoms with van der Waals surface area (Å²) in [5.41, 5.74) is 1.82. The summed E-state index contributed by atoms with van der Waals surface area (Å²) < 4.78 is 10.6. The van der Waals surface area contributed by atoms with Crippen LogP contribution in [0.2, 0.25) is 0 Å². The quantitative estimate of drug-likeness (QED) is 0.176. The van der Waals surface area contributed by atoms with Crippen LogP contribution in [0.5, 0.6) is 5.75 Å². The number of benzene rings is 2. The lowest BCUT2D eigenvalue weighted by atomic mass is 10.1. The van der Waals surface area contributed by atoms with Gasteiger partial charge in [-0.1, -0.05) is 69.4 Å². The van der Waals surface area contributed by atoms with Crippen molar-refractivity contribution >= 4 is 30.1 Å². The second-order valence-electron chi connectivity index (χ2n) is 7.52. The predicted octanol–water partition coefficient (Wildman–Crippen LogP) is 5.92. The Morgan fingerprint density at radius 1 is 0.848 bits per heavy atom. The minimum atomic E-state index is -1.02. The molecule has 0 atom stereocenters. The summed E-state index contributed by atoms with van der Waals surface area (Å²) in [5, 5.41) is 8.65. The Hall–Kier alpha value is -3.67. The lowest BCUT2D eigenvalue weighted by molar-refractivity contribution is -0.131. The van der Waals surface area contributed by atoms with Crippen LogP contribution in [0.25, 0.3) is 12.2 Å². The molecule has 2 aromatic rings. The Morgan fingerprint density at radius 3 is 2.15 bits per heavy atom. The molecule has 0 aliphatic carbocycles. The topological polar surface area (TPSA) is 89.9 Å². The van der Waals surface area contributed by atoms with Crippen molar-refractivity contribution in [3.8, 4) is 5.75 Å². The molecule has 0 saturated heterocycles. The van der Waals surface area contributed by atoms with E-state index in [0.29, 0.717) is 12.2 Å². The highest BCUT2D eigenvalue weighted by atomic mass is 16.5. The summed E-state index contributed by atoms with van der Waals surface area (Å²) in [7, 11) is 0. The van der Waals surface area contributed by atoms with E-state index in [9.17, 15) is 14.4 Å². The van der Waals surface area contributed by atoms with E-state index in [1.165, 1.54) is 37.5 Å². The van der Waals surface area contributed by atoms with Gasteiger partial charge in [-0.05, 0) is 47.9 Å². The Kier molecular flexibility index (Phi) is 11.2. The van der Waals surface area contributed by atoms with E-state index < -0.39 is 17.9 Å². The van der Waals surface area contributed by atoms with E-state index in [4.69, 9.17) is 14.6 Å². The van der Waals surface area contributed by atoms with Gasteiger partial charge in [0.25, 0.3) is 0 Å². The summed E-state index contributed by atoms with van der Waals surface area (Å²) in [4.78, 5) is 34.9. The van der Waals surface area contributed by atoms with Gasteiger partial charge in [0.05, 0.1) is 12.2 Å². The Morgan fingerprint density at radius 2 is 1.48 bits per heavy atom. The highest BCUT2D eigenvalue weighted by Gasteiger charge is 2.09. The third kappa shape index (κ3) is 10.5. The van der Waals surface area contributed by atoms with E-state index in [0.717, 1.165) is 36.5 Å². The number of hydrogen-bond acceptors (Lipinski definition) is 5. The van der Waals surface area contributed by atoms with Crippen molar-refractivity contribution in [3.63, 3.8) is 0 Å². The van der Waals surface area contributed by atoms with Gasteiger partial charge in [-0.3, -0.25) is 0 Å². The first-order valence-electron chi connectivity index (χ1n) is 11.2. The van der Waals surface area contributed by atoms with Gasteiger partial charge in [0.2, 0.25) is 0 Å². The normalized spacial score (nSPS) is 11.1. The average molecular weight is 451 g/mol. The van der Waals surface area contributed by atoms with Crippen LogP contribution < -0.4 is 4.74 Å². The van der Waals surface area contributed by atoms with Gasteiger partial charge in [0.15, 0.2) is 0 Å². The Labute approximate surface area is 194 Å². The molecule has 33 heavy (non-hydrogen) atoms. The highest BCUT2D eigenvalue weighted by molar-refractivity contribution is 5.91. The maximum atomic E-state index is 12.2. The van der Waals surface area contributed by atoms with Crippen molar-refractivity contribution in [2.45, 2.75) is 45.4 Å². The smallest absolute Gasteiger partial charge is 0.338 e. The molecule has 6 nitrogen and oxygen atoms in total. The van der Waals surface area contributed by atoms with Crippen LogP contribution in [0.3, 0.4) is 0 Å². The monoisotopic (exact) mass is 450 g/mol. The van der Waals surface area contributed by atoms with Crippen molar-refractivity contribution in [2.24, 2.45) is 0 Å². The van der Waals surface area contributed by atoms with Gasteiger partial charge in [0.1, 0.15) is 5.75 Å². The van der Waals surface area contributed by atoms with Gasteiger partial charge in [0, 0.05) is 12.2 Å². The zero-order chi connectivity index (χ0) is 23.9. The molecule has 0 bridgehead atoms. The van der Waals surface area contributed by atoms with E-state index in [2.05, 4.69) is 6.92 Å². The first-order chi connectivity index (χ1) is 16.0. The molecule has 2 aromatic carbocycles. The summed E-state index contributed by atoms with van der Waals surface area (Å²) in [6.45, 7) is 2.55. The number of carboxylic acid groups (broad SMARTS) is 1.